The summed E-state index contributed by atoms with van der Waals surface area (Å²) in [5, 5.41) is 2.82. The molecule has 0 atom stereocenters. The van der Waals surface area contributed by atoms with Crippen molar-refractivity contribution in [2.45, 2.75) is 6.42 Å². The number of oxazole rings is 1. The molecule has 0 aliphatic heterocycles. The minimum atomic E-state index is -0.561. The Morgan fingerprint density at radius 1 is 1.09 bits per heavy atom. The first-order valence-electron chi connectivity index (χ1n) is 9.98. The van der Waals surface area contributed by atoms with E-state index in [2.05, 4.69) is 15.3 Å². The standard InChI is InChI=1S/C24H21N3O6/c1-30-18-8-6-14(7-9-19(18)31-2)22(28)26-17-12-15(11-16(13-17)24(29)32-3)23-27-21-20(33-23)5-4-10-25-21/h4-8,10-13H,9H2,1-3H3,(H,26,28). The highest BCUT2D eigenvalue weighted by atomic mass is 16.5. The van der Waals surface area contributed by atoms with Crippen LogP contribution in [0.5, 0.6) is 0 Å². The van der Waals surface area contributed by atoms with Gasteiger partial charge in [0.25, 0.3) is 5.91 Å². The molecule has 1 aromatic carbocycles. The topological polar surface area (TPSA) is 113 Å². The highest BCUT2D eigenvalue weighted by molar-refractivity contribution is 6.06. The number of methoxy groups -OCH3 is 3. The molecule has 0 fully saturated rings. The molecule has 1 N–H and O–H groups in total. The number of ether oxygens (including phenoxy) is 3. The van der Waals surface area contributed by atoms with Crippen LogP contribution in [0.25, 0.3) is 22.7 Å². The fourth-order valence-electron chi connectivity index (χ4n) is 3.32. The average Bonchev–Trinajstić information content (AvgIpc) is 3.16. The number of nitrogens with zero attached hydrogens (tertiary/aromatic N) is 2. The molecular weight excluding hydrogens is 426 g/mol. The number of esters is 1. The highest BCUT2D eigenvalue weighted by Crippen LogP contribution is 2.28. The van der Waals surface area contributed by atoms with E-state index in [0.29, 0.717) is 46.0 Å². The fraction of sp³-hybridized carbons (Fsp3) is 0.167. The van der Waals surface area contributed by atoms with E-state index >= 15 is 0 Å². The maximum Gasteiger partial charge on any atom is 0.337 e. The molecule has 0 saturated carbocycles. The van der Waals surface area contributed by atoms with Crippen LogP contribution in [0.15, 0.2) is 76.3 Å². The Hall–Kier alpha value is -4.40. The molecule has 0 radical (unpaired) electrons. The normalized spacial score (nSPS) is 13.4. The number of carbonyl (C=O) groups is 2. The van der Waals surface area contributed by atoms with E-state index in [0.717, 1.165) is 0 Å². The van der Waals surface area contributed by atoms with Gasteiger partial charge in [-0.3, -0.25) is 4.79 Å². The van der Waals surface area contributed by atoms with Crippen molar-refractivity contribution in [3.63, 3.8) is 0 Å². The summed E-state index contributed by atoms with van der Waals surface area (Å²) in [5.74, 6) is 0.476. The lowest BCUT2D eigenvalue weighted by Crippen LogP contribution is -2.14. The van der Waals surface area contributed by atoms with Crippen molar-refractivity contribution in [2.24, 2.45) is 0 Å². The van der Waals surface area contributed by atoms with Crippen molar-refractivity contribution in [3.8, 4) is 11.5 Å². The SMILES string of the molecule is COC(=O)c1cc(NC(=O)C2=CCC(OC)=C(OC)C=C2)cc(-c2nc3ncccc3o2)c1. The van der Waals surface area contributed by atoms with E-state index in [9.17, 15) is 9.59 Å². The van der Waals surface area contributed by atoms with Crippen LogP contribution >= 0.6 is 0 Å². The highest BCUT2D eigenvalue weighted by Gasteiger charge is 2.18. The number of allylic oxidation sites excluding steroid dienone is 2. The van der Waals surface area contributed by atoms with Crippen LogP contribution in [0.2, 0.25) is 0 Å². The summed E-state index contributed by atoms with van der Waals surface area (Å²) >= 11 is 0. The van der Waals surface area contributed by atoms with E-state index in [1.807, 2.05) is 0 Å². The largest absolute Gasteiger partial charge is 0.497 e. The molecular formula is C24H21N3O6. The second kappa shape index (κ2) is 9.39. The minimum absolute atomic E-state index is 0.232. The van der Waals surface area contributed by atoms with Gasteiger partial charge in [0.15, 0.2) is 17.0 Å². The van der Waals surface area contributed by atoms with Gasteiger partial charge in [0.2, 0.25) is 5.89 Å². The van der Waals surface area contributed by atoms with Crippen molar-refractivity contribution >= 4 is 28.8 Å². The van der Waals surface area contributed by atoms with E-state index in [1.165, 1.54) is 20.3 Å². The van der Waals surface area contributed by atoms with Crippen molar-refractivity contribution in [3.05, 3.63) is 77.4 Å². The van der Waals surface area contributed by atoms with Gasteiger partial charge in [0.1, 0.15) is 5.76 Å². The Labute approximate surface area is 189 Å². The Kier molecular flexibility index (Phi) is 6.21. The summed E-state index contributed by atoms with van der Waals surface area (Å²) in [6.07, 6.45) is 7.03. The average molecular weight is 447 g/mol. The summed E-state index contributed by atoms with van der Waals surface area (Å²) in [6, 6.07) is 8.24. The zero-order valence-electron chi connectivity index (χ0n) is 18.2. The van der Waals surface area contributed by atoms with Gasteiger partial charge in [-0.1, -0.05) is 6.08 Å². The molecule has 1 aliphatic rings. The van der Waals surface area contributed by atoms with Gasteiger partial charge < -0.3 is 23.9 Å². The van der Waals surface area contributed by atoms with E-state index < -0.39 is 5.97 Å². The maximum atomic E-state index is 13.0. The molecule has 33 heavy (non-hydrogen) atoms. The predicted octanol–water partition coefficient (Wildman–Crippen LogP) is 4.01. The summed E-state index contributed by atoms with van der Waals surface area (Å²) in [5.41, 5.74) is 2.44. The Balaban J connectivity index is 1.66. The van der Waals surface area contributed by atoms with Gasteiger partial charge in [-0.2, -0.15) is 4.98 Å². The fourth-order valence-corrected chi connectivity index (χ4v) is 3.32. The minimum Gasteiger partial charge on any atom is -0.497 e. The van der Waals surface area contributed by atoms with Gasteiger partial charge in [-0.05, 0) is 42.5 Å². The molecule has 1 aliphatic carbocycles. The first-order valence-corrected chi connectivity index (χ1v) is 9.98. The molecule has 168 valence electrons. The van der Waals surface area contributed by atoms with E-state index in [-0.39, 0.29) is 17.4 Å². The third-order valence-electron chi connectivity index (χ3n) is 4.95. The number of pyridine rings is 1. The Morgan fingerprint density at radius 3 is 2.67 bits per heavy atom. The van der Waals surface area contributed by atoms with Crippen LogP contribution < -0.4 is 5.32 Å². The van der Waals surface area contributed by atoms with Crippen LogP contribution in [-0.2, 0) is 19.0 Å². The van der Waals surface area contributed by atoms with Crippen molar-refractivity contribution in [1.29, 1.82) is 0 Å². The predicted molar refractivity (Wildman–Crippen MR) is 120 cm³/mol. The Bertz CT molecular complexity index is 1290. The number of hydrogen-bond acceptors (Lipinski definition) is 8. The second-order valence-electron chi connectivity index (χ2n) is 6.98. The van der Waals surface area contributed by atoms with Gasteiger partial charge in [0.05, 0.1) is 26.9 Å². The molecule has 0 saturated heterocycles. The molecule has 3 aromatic rings. The van der Waals surface area contributed by atoms with Gasteiger partial charge in [-0.15, -0.1) is 0 Å². The number of carbonyl (C=O) groups excluding carboxylic acids is 2. The first-order chi connectivity index (χ1) is 16.0. The third kappa shape index (κ3) is 4.62. The first kappa shape index (κ1) is 21.8. The van der Waals surface area contributed by atoms with Gasteiger partial charge in [-0.25, -0.2) is 9.78 Å². The molecule has 2 heterocycles. The summed E-state index contributed by atoms with van der Waals surface area (Å²) in [6.45, 7) is 0. The van der Waals surface area contributed by atoms with Gasteiger partial charge in [0, 0.05) is 29.4 Å². The number of hydrogen-bond donors (Lipinski definition) is 1. The zero-order valence-corrected chi connectivity index (χ0v) is 18.2. The quantitative estimate of drug-likeness (QED) is 0.564. The summed E-state index contributed by atoms with van der Waals surface area (Å²) in [7, 11) is 4.36. The lowest BCUT2D eigenvalue weighted by atomic mass is 10.1. The number of fused-ring (bicyclic) bond motifs is 1. The second-order valence-corrected chi connectivity index (χ2v) is 6.98. The van der Waals surface area contributed by atoms with Crippen molar-refractivity contribution < 1.29 is 28.2 Å². The third-order valence-corrected chi connectivity index (χ3v) is 4.95. The molecule has 1 amide bonds. The number of rotatable bonds is 6. The van der Waals surface area contributed by atoms with Crippen LogP contribution in [0.3, 0.4) is 0 Å². The summed E-state index contributed by atoms with van der Waals surface area (Å²) < 4.78 is 21.2. The van der Waals surface area contributed by atoms with Crippen LogP contribution in [0, 0.1) is 0 Å². The van der Waals surface area contributed by atoms with E-state index in [4.69, 9.17) is 18.6 Å². The van der Waals surface area contributed by atoms with Crippen molar-refractivity contribution in [1.82, 2.24) is 9.97 Å². The molecule has 0 unspecified atom stereocenters. The van der Waals surface area contributed by atoms with Crippen LogP contribution in [-0.4, -0.2) is 43.2 Å². The monoisotopic (exact) mass is 447 g/mol. The zero-order chi connectivity index (χ0) is 23.4. The van der Waals surface area contributed by atoms with Crippen molar-refractivity contribution in [2.75, 3.05) is 26.6 Å². The lowest BCUT2D eigenvalue weighted by Gasteiger charge is -2.09. The van der Waals surface area contributed by atoms with Crippen LogP contribution in [0.4, 0.5) is 5.69 Å². The smallest absolute Gasteiger partial charge is 0.337 e. The summed E-state index contributed by atoms with van der Waals surface area (Å²) in [4.78, 5) is 33.7. The molecule has 2 aromatic heterocycles. The number of aromatic nitrogens is 2. The number of benzene rings is 1. The molecule has 0 bridgehead atoms. The molecule has 9 nitrogen and oxygen atoms in total. The van der Waals surface area contributed by atoms with E-state index in [1.54, 1.807) is 55.8 Å². The number of anilines is 1. The Morgan fingerprint density at radius 2 is 1.94 bits per heavy atom. The maximum absolute atomic E-state index is 13.0. The van der Waals surface area contributed by atoms with Gasteiger partial charge >= 0.3 is 5.97 Å². The molecule has 4 rings (SSSR count). The lowest BCUT2D eigenvalue weighted by molar-refractivity contribution is -0.112. The molecule has 0 spiro atoms. The number of nitrogens with one attached hydrogen (secondary N) is 1. The molecule has 9 heteroatoms. The number of amides is 1. The van der Waals surface area contributed by atoms with Crippen LogP contribution in [0.1, 0.15) is 16.8 Å².